The highest BCUT2D eigenvalue weighted by molar-refractivity contribution is 5.46. The molecular formula is C18H24N4O3. The van der Waals surface area contributed by atoms with Crippen LogP contribution in [0.2, 0.25) is 0 Å². The number of rotatable bonds is 7. The molecule has 1 atom stereocenters. The molecular weight excluding hydrogens is 320 g/mol. The Balaban J connectivity index is 1.24. The van der Waals surface area contributed by atoms with Crippen LogP contribution in [-0.4, -0.2) is 52.2 Å². The zero-order chi connectivity index (χ0) is 16.9. The van der Waals surface area contributed by atoms with E-state index >= 15 is 0 Å². The fourth-order valence-corrected chi connectivity index (χ4v) is 3.53. The summed E-state index contributed by atoms with van der Waals surface area (Å²) in [5.74, 6) is 2.39. The number of hydrogen-bond acceptors (Lipinski definition) is 6. The van der Waals surface area contributed by atoms with Gasteiger partial charge in [-0.25, -0.2) is 4.98 Å². The molecule has 1 saturated heterocycles. The van der Waals surface area contributed by atoms with Crippen molar-refractivity contribution in [2.45, 2.75) is 38.3 Å². The van der Waals surface area contributed by atoms with Crippen LogP contribution >= 0.6 is 0 Å². The van der Waals surface area contributed by atoms with Crippen molar-refractivity contribution in [3.8, 4) is 17.2 Å². The van der Waals surface area contributed by atoms with Gasteiger partial charge >= 0.3 is 0 Å². The summed E-state index contributed by atoms with van der Waals surface area (Å²) in [6.45, 7) is 4.11. The second-order valence-corrected chi connectivity index (χ2v) is 6.52. The highest BCUT2D eigenvalue weighted by Crippen LogP contribution is 2.35. The van der Waals surface area contributed by atoms with Gasteiger partial charge < -0.3 is 14.2 Å². The number of fused-ring (bicyclic) bond motifs is 1. The molecule has 4 rings (SSSR count). The van der Waals surface area contributed by atoms with Crippen LogP contribution in [0.25, 0.3) is 0 Å². The Labute approximate surface area is 147 Å². The second kappa shape index (κ2) is 7.74. The monoisotopic (exact) mass is 344 g/mol. The van der Waals surface area contributed by atoms with Crippen LogP contribution in [0.5, 0.6) is 17.2 Å². The molecule has 0 saturated carbocycles. The van der Waals surface area contributed by atoms with E-state index in [9.17, 15) is 0 Å². The molecule has 2 aliphatic heterocycles. The molecule has 1 aromatic heterocycles. The van der Waals surface area contributed by atoms with Gasteiger partial charge in [0, 0.05) is 18.7 Å². The van der Waals surface area contributed by atoms with Gasteiger partial charge in [0.1, 0.15) is 18.4 Å². The van der Waals surface area contributed by atoms with E-state index in [0.717, 1.165) is 43.3 Å². The van der Waals surface area contributed by atoms with Gasteiger partial charge in [0.05, 0.1) is 13.2 Å². The maximum absolute atomic E-state index is 5.87. The first-order chi connectivity index (χ1) is 12.4. The van der Waals surface area contributed by atoms with Gasteiger partial charge in [-0.05, 0) is 37.9 Å². The van der Waals surface area contributed by atoms with E-state index < -0.39 is 0 Å². The summed E-state index contributed by atoms with van der Waals surface area (Å²) in [7, 11) is 0. The van der Waals surface area contributed by atoms with Gasteiger partial charge in [0.15, 0.2) is 11.5 Å². The zero-order valence-corrected chi connectivity index (χ0v) is 14.3. The van der Waals surface area contributed by atoms with Crippen molar-refractivity contribution < 1.29 is 14.2 Å². The average Bonchev–Trinajstić information content (AvgIpc) is 3.31. The van der Waals surface area contributed by atoms with Crippen molar-refractivity contribution in [1.29, 1.82) is 0 Å². The SMILES string of the molecule is c1ncn(C[C@@H]2CCCCN2CCCOc2ccc3c(c2)OCO3)n1. The van der Waals surface area contributed by atoms with Gasteiger partial charge in [-0.1, -0.05) is 6.42 Å². The van der Waals surface area contributed by atoms with E-state index in [4.69, 9.17) is 14.2 Å². The van der Waals surface area contributed by atoms with E-state index in [0.29, 0.717) is 19.4 Å². The second-order valence-electron chi connectivity index (χ2n) is 6.52. The molecule has 1 fully saturated rings. The van der Waals surface area contributed by atoms with Crippen LogP contribution in [-0.2, 0) is 6.54 Å². The van der Waals surface area contributed by atoms with Gasteiger partial charge in [-0.3, -0.25) is 9.58 Å². The van der Waals surface area contributed by atoms with Crippen LogP contribution in [0, 0.1) is 0 Å². The predicted molar refractivity (Wildman–Crippen MR) is 91.9 cm³/mol. The molecule has 0 amide bonds. The van der Waals surface area contributed by atoms with E-state index in [1.165, 1.54) is 19.3 Å². The first-order valence-electron chi connectivity index (χ1n) is 8.97. The van der Waals surface area contributed by atoms with Crippen molar-refractivity contribution in [3.63, 3.8) is 0 Å². The molecule has 2 aromatic rings. The molecule has 134 valence electrons. The number of piperidine rings is 1. The summed E-state index contributed by atoms with van der Waals surface area (Å²) in [6, 6.07) is 6.27. The van der Waals surface area contributed by atoms with E-state index in [1.54, 1.807) is 12.7 Å². The van der Waals surface area contributed by atoms with Crippen molar-refractivity contribution >= 4 is 0 Å². The minimum absolute atomic E-state index is 0.293. The Bertz CT molecular complexity index is 677. The first kappa shape index (κ1) is 16.2. The van der Waals surface area contributed by atoms with Crippen LogP contribution in [0.4, 0.5) is 0 Å². The number of likely N-dealkylation sites (tertiary alicyclic amines) is 1. The Morgan fingerprint density at radius 2 is 2.16 bits per heavy atom. The van der Waals surface area contributed by atoms with Gasteiger partial charge in [0.25, 0.3) is 0 Å². The Kier molecular flexibility index (Phi) is 5.01. The van der Waals surface area contributed by atoms with Crippen molar-refractivity contribution in [3.05, 3.63) is 30.9 Å². The molecule has 3 heterocycles. The van der Waals surface area contributed by atoms with Gasteiger partial charge in [0.2, 0.25) is 6.79 Å². The van der Waals surface area contributed by atoms with Gasteiger partial charge in [-0.15, -0.1) is 0 Å². The van der Waals surface area contributed by atoms with Crippen LogP contribution in [0.3, 0.4) is 0 Å². The maximum Gasteiger partial charge on any atom is 0.231 e. The fourth-order valence-electron chi connectivity index (χ4n) is 3.53. The highest BCUT2D eigenvalue weighted by atomic mass is 16.7. The number of ether oxygens (including phenoxy) is 3. The minimum Gasteiger partial charge on any atom is -0.493 e. The molecule has 0 unspecified atom stereocenters. The molecule has 7 nitrogen and oxygen atoms in total. The van der Waals surface area contributed by atoms with Crippen LogP contribution < -0.4 is 14.2 Å². The summed E-state index contributed by atoms with van der Waals surface area (Å²) < 4.78 is 18.5. The van der Waals surface area contributed by atoms with Crippen molar-refractivity contribution in [2.75, 3.05) is 26.5 Å². The van der Waals surface area contributed by atoms with E-state index in [2.05, 4.69) is 15.0 Å². The van der Waals surface area contributed by atoms with Crippen LogP contribution in [0.15, 0.2) is 30.9 Å². The topological polar surface area (TPSA) is 61.6 Å². The molecule has 0 radical (unpaired) electrons. The molecule has 25 heavy (non-hydrogen) atoms. The lowest BCUT2D eigenvalue weighted by molar-refractivity contribution is 0.121. The number of aromatic nitrogens is 3. The van der Waals surface area contributed by atoms with Crippen LogP contribution in [0.1, 0.15) is 25.7 Å². The number of nitrogens with zero attached hydrogens (tertiary/aromatic N) is 4. The lowest BCUT2D eigenvalue weighted by Crippen LogP contribution is -2.43. The number of hydrogen-bond donors (Lipinski definition) is 0. The van der Waals surface area contributed by atoms with Crippen molar-refractivity contribution in [2.24, 2.45) is 0 Å². The van der Waals surface area contributed by atoms with E-state index in [1.807, 2.05) is 22.9 Å². The third kappa shape index (κ3) is 4.04. The molecule has 0 bridgehead atoms. The lowest BCUT2D eigenvalue weighted by atomic mass is 10.0. The molecule has 0 N–H and O–H groups in total. The maximum atomic E-state index is 5.87. The summed E-state index contributed by atoms with van der Waals surface area (Å²) >= 11 is 0. The zero-order valence-electron chi connectivity index (χ0n) is 14.3. The Morgan fingerprint density at radius 3 is 3.08 bits per heavy atom. The van der Waals surface area contributed by atoms with Crippen molar-refractivity contribution in [1.82, 2.24) is 19.7 Å². The standard InChI is InChI=1S/C18H24N4O3/c1-2-7-21(15(4-1)11-22-13-19-12-20-22)8-3-9-23-16-5-6-17-18(10-16)25-14-24-17/h5-6,10,12-13,15H,1-4,7-9,11,14H2/t15-/m0/s1. The highest BCUT2D eigenvalue weighted by Gasteiger charge is 2.22. The Hall–Kier alpha value is -2.28. The molecule has 0 aliphatic carbocycles. The Morgan fingerprint density at radius 1 is 1.20 bits per heavy atom. The lowest BCUT2D eigenvalue weighted by Gasteiger charge is -2.35. The summed E-state index contributed by atoms with van der Waals surface area (Å²) in [4.78, 5) is 6.60. The average molecular weight is 344 g/mol. The normalized spacial score (nSPS) is 19.9. The summed E-state index contributed by atoms with van der Waals surface area (Å²) in [6.07, 6.45) is 8.20. The third-order valence-corrected chi connectivity index (χ3v) is 4.82. The minimum atomic E-state index is 0.293. The molecule has 1 aromatic carbocycles. The predicted octanol–water partition coefficient (Wildman–Crippen LogP) is 2.33. The summed E-state index contributed by atoms with van der Waals surface area (Å²) in [5.41, 5.74) is 0. The largest absolute Gasteiger partial charge is 0.493 e. The summed E-state index contributed by atoms with van der Waals surface area (Å²) in [5, 5.41) is 4.24. The first-order valence-corrected chi connectivity index (χ1v) is 8.97. The van der Waals surface area contributed by atoms with E-state index in [-0.39, 0.29) is 0 Å². The quantitative estimate of drug-likeness (QED) is 0.719. The van der Waals surface area contributed by atoms with Gasteiger partial charge in [-0.2, -0.15) is 5.10 Å². The number of benzene rings is 1. The third-order valence-electron chi connectivity index (χ3n) is 4.82. The molecule has 7 heteroatoms. The molecule has 0 spiro atoms. The smallest absolute Gasteiger partial charge is 0.231 e. The molecule has 2 aliphatic rings. The fraction of sp³-hybridized carbons (Fsp3) is 0.556.